The topological polar surface area (TPSA) is 47.7 Å². The summed E-state index contributed by atoms with van der Waals surface area (Å²) >= 11 is 0. The van der Waals surface area contributed by atoms with E-state index in [1.54, 1.807) is 6.07 Å². The Balaban J connectivity index is 1.98. The van der Waals surface area contributed by atoms with Crippen LogP contribution in [0.3, 0.4) is 0 Å². The van der Waals surface area contributed by atoms with Gasteiger partial charge in [-0.25, -0.2) is 4.39 Å². The zero-order chi connectivity index (χ0) is 15.4. The molecule has 0 spiro atoms. The van der Waals surface area contributed by atoms with Crippen LogP contribution in [0.4, 0.5) is 4.39 Å². The molecular weight excluding hydrogens is 271 g/mol. The van der Waals surface area contributed by atoms with E-state index in [1.807, 2.05) is 6.92 Å². The summed E-state index contributed by atoms with van der Waals surface area (Å²) in [5, 5.41) is 0. The van der Waals surface area contributed by atoms with Crippen molar-refractivity contribution < 1.29 is 13.9 Å². The molecule has 21 heavy (non-hydrogen) atoms. The monoisotopic (exact) mass is 296 g/mol. The summed E-state index contributed by atoms with van der Waals surface area (Å²) in [4.78, 5) is 2.36. The molecule has 0 bridgehead atoms. The van der Waals surface area contributed by atoms with Crippen molar-refractivity contribution in [3.63, 3.8) is 0 Å². The molecule has 1 aliphatic heterocycles. The number of ether oxygens (including phenoxy) is 2. The third-order valence-electron chi connectivity index (χ3n) is 3.79. The van der Waals surface area contributed by atoms with Gasteiger partial charge in [-0.2, -0.15) is 0 Å². The van der Waals surface area contributed by atoms with Crippen molar-refractivity contribution >= 4 is 0 Å². The number of morpholine rings is 1. The van der Waals surface area contributed by atoms with E-state index in [-0.39, 0.29) is 18.0 Å². The van der Waals surface area contributed by atoms with Crippen LogP contribution in [0.5, 0.6) is 5.75 Å². The highest BCUT2D eigenvalue weighted by Crippen LogP contribution is 2.25. The first-order valence-electron chi connectivity index (χ1n) is 7.51. The SMILES string of the molecule is CC(N)c1ccc(F)cc1OCC1CN(C(C)C)CCO1. The van der Waals surface area contributed by atoms with Gasteiger partial charge in [0, 0.05) is 36.8 Å². The Morgan fingerprint density at radius 1 is 1.43 bits per heavy atom. The highest BCUT2D eigenvalue weighted by molar-refractivity contribution is 5.36. The standard InChI is InChI=1S/C16H25FN2O2/c1-11(2)19-6-7-20-14(9-19)10-21-16-8-13(17)4-5-15(16)12(3)18/h4-5,8,11-12,14H,6-7,9-10,18H2,1-3H3. The van der Waals surface area contributed by atoms with E-state index in [2.05, 4.69) is 18.7 Å². The number of halogens is 1. The quantitative estimate of drug-likeness (QED) is 0.906. The highest BCUT2D eigenvalue weighted by atomic mass is 19.1. The van der Waals surface area contributed by atoms with Crippen molar-refractivity contribution in [2.45, 2.75) is 39.0 Å². The van der Waals surface area contributed by atoms with Crippen LogP contribution in [0.2, 0.25) is 0 Å². The Hall–Kier alpha value is -1.17. The lowest BCUT2D eigenvalue weighted by atomic mass is 10.1. The van der Waals surface area contributed by atoms with Crippen LogP contribution >= 0.6 is 0 Å². The molecule has 2 atom stereocenters. The molecule has 1 fully saturated rings. The number of nitrogens with two attached hydrogens (primary N) is 1. The molecule has 4 nitrogen and oxygen atoms in total. The van der Waals surface area contributed by atoms with Crippen LogP contribution in [-0.4, -0.2) is 43.3 Å². The molecular formula is C16H25FN2O2. The van der Waals surface area contributed by atoms with Gasteiger partial charge in [-0.1, -0.05) is 6.07 Å². The fourth-order valence-corrected chi connectivity index (χ4v) is 2.50. The maximum absolute atomic E-state index is 13.4. The molecule has 0 aliphatic carbocycles. The van der Waals surface area contributed by atoms with Gasteiger partial charge in [0.2, 0.25) is 0 Å². The first-order chi connectivity index (χ1) is 9.97. The number of nitrogens with zero attached hydrogens (tertiary/aromatic N) is 1. The summed E-state index contributed by atoms with van der Waals surface area (Å²) in [6.07, 6.45) is 0.00495. The molecule has 1 aromatic carbocycles. The number of rotatable bonds is 5. The molecule has 0 amide bonds. The molecule has 5 heteroatoms. The molecule has 2 N–H and O–H groups in total. The zero-order valence-electron chi connectivity index (χ0n) is 13.0. The van der Waals surface area contributed by atoms with Crippen molar-refractivity contribution in [2.24, 2.45) is 5.73 Å². The fourth-order valence-electron chi connectivity index (χ4n) is 2.50. The van der Waals surface area contributed by atoms with Gasteiger partial charge < -0.3 is 15.2 Å². The van der Waals surface area contributed by atoms with Crippen molar-refractivity contribution in [3.05, 3.63) is 29.6 Å². The van der Waals surface area contributed by atoms with E-state index in [9.17, 15) is 4.39 Å². The summed E-state index contributed by atoms with van der Waals surface area (Å²) in [5.41, 5.74) is 6.71. The fraction of sp³-hybridized carbons (Fsp3) is 0.625. The van der Waals surface area contributed by atoms with E-state index in [0.29, 0.717) is 25.0 Å². The lowest BCUT2D eigenvalue weighted by molar-refractivity contribution is -0.0566. The van der Waals surface area contributed by atoms with Gasteiger partial charge in [0.15, 0.2) is 0 Å². The molecule has 1 saturated heterocycles. The summed E-state index contributed by atoms with van der Waals surface area (Å²) < 4.78 is 24.9. The molecule has 0 radical (unpaired) electrons. The second-order valence-corrected chi connectivity index (χ2v) is 5.86. The molecule has 2 rings (SSSR count). The number of hydrogen-bond acceptors (Lipinski definition) is 4. The maximum Gasteiger partial charge on any atom is 0.127 e. The predicted octanol–water partition coefficient (Wildman–Crippen LogP) is 2.33. The third kappa shape index (κ3) is 4.40. The first kappa shape index (κ1) is 16.2. The number of hydrogen-bond donors (Lipinski definition) is 1. The van der Waals surface area contributed by atoms with Crippen LogP contribution in [0.15, 0.2) is 18.2 Å². The van der Waals surface area contributed by atoms with Gasteiger partial charge in [-0.15, -0.1) is 0 Å². The lowest BCUT2D eigenvalue weighted by Gasteiger charge is -2.35. The van der Waals surface area contributed by atoms with Crippen LogP contribution < -0.4 is 10.5 Å². The average Bonchev–Trinajstić information content (AvgIpc) is 2.45. The second-order valence-electron chi connectivity index (χ2n) is 5.86. The minimum atomic E-state index is -0.317. The van der Waals surface area contributed by atoms with Crippen molar-refractivity contribution in [1.82, 2.24) is 4.90 Å². The molecule has 0 saturated carbocycles. The van der Waals surface area contributed by atoms with Gasteiger partial charge in [-0.05, 0) is 26.8 Å². The Labute approximate surface area is 126 Å². The lowest BCUT2D eigenvalue weighted by Crippen LogP contribution is -2.47. The highest BCUT2D eigenvalue weighted by Gasteiger charge is 2.23. The van der Waals surface area contributed by atoms with Crippen LogP contribution in [-0.2, 0) is 4.74 Å². The summed E-state index contributed by atoms with van der Waals surface area (Å²) in [5.74, 6) is 0.193. The molecule has 2 unspecified atom stereocenters. The van der Waals surface area contributed by atoms with Gasteiger partial charge in [0.1, 0.15) is 24.3 Å². The Kier molecular flexibility index (Phi) is 5.56. The van der Waals surface area contributed by atoms with Crippen LogP contribution in [0.1, 0.15) is 32.4 Å². The summed E-state index contributed by atoms with van der Waals surface area (Å²) in [6, 6.07) is 4.77. The normalized spacial score (nSPS) is 21.5. The summed E-state index contributed by atoms with van der Waals surface area (Å²) in [7, 11) is 0. The molecule has 1 aliphatic rings. The second kappa shape index (κ2) is 7.20. The summed E-state index contributed by atoms with van der Waals surface area (Å²) in [6.45, 7) is 9.09. The largest absolute Gasteiger partial charge is 0.490 e. The molecule has 1 heterocycles. The van der Waals surface area contributed by atoms with E-state index < -0.39 is 0 Å². The van der Waals surface area contributed by atoms with E-state index >= 15 is 0 Å². The van der Waals surface area contributed by atoms with Gasteiger partial charge in [0.05, 0.1) is 6.61 Å². The predicted molar refractivity (Wildman–Crippen MR) is 80.9 cm³/mol. The third-order valence-corrected chi connectivity index (χ3v) is 3.79. The van der Waals surface area contributed by atoms with Gasteiger partial charge in [0.25, 0.3) is 0 Å². The van der Waals surface area contributed by atoms with Gasteiger partial charge >= 0.3 is 0 Å². The van der Waals surface area contributed by atoms with E-state index in [0.717, 1.165) is 18.7 Å². The molecule has 118 valence electrons. The smallest absolute Gasteiger partial charge is 0.127 e. The molecule has 0 aromatic heterocycles. The van der Waals surface area contributed by atoms with E-state index in [1.165, 1.54) is 12.1 Å². The van der Waals surface area contributed by atoms with Crippen molar-refractivity contribution in [1.29, 1.82) is 0 Å². The molecule has 1 aromatic rings. The van der Waals surface area contributed by atoms with Gasteiger partial charge in [-0.3, -0.25) is 4.90 Å². The Bertz CT molecular complexity index is 466. The number of benzene rings is 1. The Morgan fingerprint density at radius 3 is 2.86 bits per heavy atom. The van der Waals surface area contributed by atoms with E-state index in [4.69, 9.17) is 15.2 Å². The van der Waals surface area contributed by atoms with Crippen molar-refractivity contribution in [2.75, 3.05) is 26.3 Å². The van der Waals surface area contributed by atoms with Crippen molar-refractivity contribution in [3.8, 4) is 5.75 Å². The zero-order valence-corrected chi connectivity index (χ0v) is 13.0. The first-order valence-corrected chi connectivity index (χ1v) is 7.51. The minimum Gasteiger partial charge on any atom is -0.490 e. The Morgan fingerprint density at radius 2 is 2.19 bits per heavy atom. The maximum atomic E-state index is 13.4. The minimum absolute atomic E-state index is 0.00495. The van der Waals surface area contributed by atoms with Crippen LogP contribution in [0, 0.1) is 5.82 Å². The average molecular weight is 296 g/mol. The van der Waals surface area contributed by atoms with Crippen LogP contribution in [0.25, 0.3) is 0 Å².